The third kappa shape index (κ3) is 7.08. The van der Waals surface area contributed by atoms with Crippen LogP contribution in [-0.4, -0.2) is 6.61 Å². The fraction of sp³-hybridized carbons (Fsp3) is 0.622. The summed E-state index contributed by atoms with van der Waals surface area (Å²) >= 11 is 0. The number of hydrogen-bond acceptors (Lipinski definition) is 1. The molecule has 3 aliphatic carbocycles. The molecule has 0 aromatic heterocycles. The lowest BCUT2D eigenvalue weighted by Gasteiger charge is -2.45. The van der Waals surface area contributed by atoms with Crippen molar-refractivity contribution in [1.82, 2.24) is 0 Å². The van der Waals surface area contributed by atoms with Gasteiger partial charge in [0.2, 0.25) is 5.82 Å². The Bertz CT molecular complexity index is 1210. The first-order valence-corrected chi connectivity index (χ1v) is 16.6. The normalized spacial score (nSPS) is 28.1. The van der Waals surface area contributed by atoms with Crippen LogP contribution >= 0.6 is 0 Å². The molecule has 0 aliphatic heterocycles. The topological polar surface area (TPSA) is 9.23 Å². The van der Waals surface area contributed by atoms with E-state index in [0.717, 1.165) is 42.4 Å². The van der Waals surface area contributed by atoms with Crippen molar-refractivity contribution in [1.29, 1.82) is 0 Å². The van der Waals surface area contributed by atoms with Crippen molar-refractivity contribution < 1.29 is 22.3 Å². The van der Waals surface area contributed by atoms with Gasteiger partial charge in [-0.3, -0.25) is 0 Å². The first kappa shape index (κ1) is 31.1. The van der Waals surface area contributed by atoms with Crippen LogP contribution in [0.3, 0.4) is 0 Å². The maximum absolute atomic E-state index is 15.1. The Balaban J connectivity index is 1.12. The molecule has 3 fully saturated rings. The summed E-state index contributed by atoms with van der Waals surface area (Å²) < 4.78 is 65.3. The molecule has 230 valence electrons. The van der Waals surface area contributed by atoms with Crippen LogP contribution in [0.15, 0.2) is 36.4 Å². The summed E-state index contributed by atoms with van der Waals surface area (Å²) in [5.74, 6) is 0.118. The summed E-state index contributed by atoms with van der Waals surface area (Å²) in [5.41, 5.74) is -0.371. The van der Waals surface area contributed by atoms with Crippen LogP contribution in [0.1, 0.15) is 103 Å². The molecule has 4 atom stereocenters. The minimum absolute atomic E-state index is 0.167. The van der Waals surface area contributed by atoms with Crippen LogP contribution in [0, 0.1) is 58.8 Å². The highest BCUT2D eigenvalue weighted by Gasteiger charge is 2.38. The molecule has 5 rings (SSSR count). The van der Waals surface area contributed by atoms with E-state index in [9.17, 15) is 8.78 Å². The number of allylic oxidation sites excluding steroid dienone is 2. The number of halogens is 4. The van der Waals surface area contributed by atoms with Gasteiger partial charge in [-0.15, -0.1) is 0 Å². The second-order valence-electron chi connectivity index (χ2n) is 13.4. The van der Waals surface area contributed by atoms with Crippen LogP contribution in [-0.2, 0) is 6.42 Å². The van der Waals surface area contributed by atoms with Crippen LogP contribution in [0.2, 0.25) is 0 Å². The monoisotopic (exact) mass is 584 g/mol. The predicted molar refractivity (Wildman–Crippen MR) is 162 cm³/mol. The molecule has 3 saturated carbocycles. The van der Waals surface area contributed by atoms with Crippen molar-refractivity contribution in [2.75, 3.05) is 6.61 Å². The van der Waals surface area contributed by atoms with Crippen molar-refractivity contribution >= 4 is 0 Å². The maximum atomic E-state index is 15.1. The summed E-state index contributed by atoms with van der Waals surface area (Å²) in [7, 11) is 0. The zero-order chi connectivity index (χ0) is 29.6. The Hall–Kier alpha value is -2.30. The molecule has 5 heteroatoms. The second-order valence-corrected chi connectivity index (χ2v) is 13.4. The molecule has 0 saturated heterocycles. The highest BCUT2D eigenvalue weighted by Crippen LogP contribution is 2.49. The zero-order valence-corrected chi connectivity index (χ0v) is 25.5. The molecule has 2 aromatic carbocycles. The average molecular weight is 585 g/mol. The van der Waals surface area contributed by atoms with E-state index < -0.39 is 23.3 Å². The van der Waals surface area contributed by atoms with E-state index in [2.05, 4.69) is 6.92 Å². The molecule has 0 N–H and O–H groups in total. The summed E-state index contributed by atoms with van der Waals surface area (Å²) in [6, 6.07) is 5.39. The molecule has 0 bridgehead atoms. The number of ether oxygens (including phenoxy) is 1. The third-order valence-corrected chi connectivity index (χ3v) is 10.8. The van der Waals surface area contributed by atoms with Gasteiger partial charge in [-0.25, -0.2) is 13.2 Å². The van der Waals surface area contributed by atoms with Crippen molar-refractivity contribution in [3.63, 3.8) is 0 Å². The van der Waals surface area contributed by atoms with Gasteiger partial charge in [0.25, 0.3) is 0 Å². The second kappa shape index (κ2) is 14.4. The van der Waals surface area contributed by atoms with Gasteiger partial charge in [-0.2, -0.15) is 4.39 Å². The van der Waals surface area contributed by atoms with Crippen molar-refractivity contribution in [2.45, 2.75) is 104 Å². The van der Waals surface area contributed by atoms with Crippen LogP contribution < -0.4 is 4.74 Å². The third-order valence-electron chi connectivity index (χ3n) is 10.8. The number of fused-ring (bicyclic) bond motifs is 1. The lowest BCUT2D eigenvalue weighted by molar-refractivity contribution is 0.0544. The predicted octanol–water partition coefficient (Wildman–Crippen LogP) is 11.2. The number of benzene rings is 2. The highest BCUT2D eigenvalue weighted by atomic mass is 19.2. The maximum Gasteiger partial charge on any atom is 0.201 e. The average Bonchev–Trinajstić information content (AvgIpc) is 3.01. The Labute approximate surface area is 250 Å². The highest BCUT2D eigenvalue weighted by molar-refractivity contribution is 5.66. The van der Waals surface area contributed by atoms with Crippen molar-refractivity contribution in [2.24, 2.45) is 35.5 Å². The van der Waals surface area contributed by atoms with Gasteiger partial charge in [-0.1, -0.05) is 50.5 Å². The molecule has 1 nitrogen and oxygen atoms in total. The van der Waals surface area contributed by atoms with E-state index in [-0.39, 0.29) is 22.4 Å². The minimum Gasteiger partial charge on any atom is -0.490 e. The molecule has 2 aromatic rings. The van der Waals surface area contributed by atoms with E-state index in [0.29, 0.717) is 25.4 Å². The Morgan fingerprint density at radius 2 is 1.29 bits per heavy atom. The Morgan fingerprint density at radius 3 is 2.00 bits per heavy atom. The van der Waals surface area contributed by atoms with Crippen LogP contribution in [0.4, 0.5) is 17.6 Å². The molecule has 3 aliphatic rings. The van der Waals surface area contributed by atoms with Crippen LogP contribution in [0.25, 0.3) is 11.1 Å². The van der Waals surface area contributed by atoms with Crippen LogP contribution in [0.5, 0.6) is 5.75 Å². The van der Waals surface area contributed by atoms with Gasteiger partial charge < -0.3 is 4.74 Å². The Morgan fingerprint density at radius 1 is 0.690 bits per heavy atom. The fourth-order valence-corrected chi connectivity index (χ4v) is 8.40. The number of rotatable bonds is 10. The largest absolute Gasteiger partial charge is 0.490 e. The first-order valence-electron chi connectivity index (χ1n) is 16.6. The van der Waals surface area contributed by atoms with Gasteiger partial charge in [0.15, 0.2) is 23.2 Å². The molecule has 42 heavy (non-hydrogen) atoms. The minimum atomic E-state index is -1.21. The van der Waals surface area contributed by atoms with E-state index >= 15 is 8.78 Å². The summed E-state index contributed by atoms with van der Waals surface area (Å²) in [6.07, 6.45) is 20.4. The molecule has 0 spiro atoms. The van der Waals surface area contributed by atoms with Crippen molar-refractivity contribution in [3.8, 4) is 16.9 Å². The number of hydrogen-bond donors (Lipinski definition) is 0. The molecule has 0 heterocycles. The molecular formula is C37H48F4O. The lowest BCUT2D eigenvalue weighted by Crippen LogP contribution is -2.35. The SMILES string of the molecule is CC=CCCc1ccc(-c2ccc(OCC3CCC(C4CCC5CC(CCC)CCC5C4)CC3)c(F)c2F)c(F)c1F. The summed E-state index contributed by atoms with van der Waals surface area (Å²) in [5, 5.41) is 0. The lowest BCUT2D eigenvalue weighted by atomic mass is 9.60. The van der Waals surface area contributed by atoms with E-state index in [1.807, 2.05) is 19.1 Å². The van der Waals surface area contributed by atoms with Gasteiger partial charge in [0, 0.05) is 11.1 Å². The van der Waals surface area contributed by atoms with E-state index in [1.165, 1.54) is 88.5 Å². The van der Waals surface area contributed by atoms with E-state index in [1.54, 1.807) is 0 Å². The fourth-order valence-electron chi connectivity index (χ4n) is 8.40. The molecule has 0 amide bonds. The smallest absolute Gasteiger partial charge is 0.201 e. The van der Waals surface area contributed by atoms with Gasteiger partial charge >= 0.3 is 0 Å². The molecule has 0 radical (unpaired) electrons. The van der Waals surface area contributed by atoms with Crippen molar-refractivity contribution in [3.05, 3.63) is 65.2 Å². The number of aryl methyl sites for hydroxylation is 1. The summed E-state index contributed by atoms with van der Waals surface area (Å²) in [4.78, 5) is 0. The van der Waals surface area contributed by atoms with E-state index in [4.69, 9.17) is 4.74 Å². The molecule has 4 unspecified atom stereocenters. The quantitative estimate of drug-likeness (QED) is 0.199. The Kier molecular flexibility index (Phi) is 10.7. The first-order chi connectivity index (χ1) is 20.4. The van der Waals surface area contributed by atoms with Gasteiger partial charge in [0.05, 0.1) is 6.61 Å². The van der Waals surface area contributed by atoms with Gasteiger partial charge in [-0.05, 0) is 131 Å². The zero-order valence-electron chi connectivity index (χ0n) is 25.5. The summed E-state index contributed by atoms with van der Waals surface area (Å²) in [6.45, 7) is 4.52. The van der Waals surface area contributed by atoms with Gasteiger partial charge in [0.1, 0.15) is 0 Å². The standard InChI is InChI=1S/C37H48F4O/c1-3-5-6-8-27-17-18-31(35(39)34(27)38)32-19-20-33(37(41)36(32)40)42-23-25-10-12-26(13-11-25)29-16-15-28-21-24(7-4-2)9-14-30(28)22-29/h3,5,17-20,24-26,28-30H,4,6-16,21-23H2,1-2H3. The molecular weight excluding hydrogens is 536 g/mol.